The average molecular weight is 565 g/mol. The molecule has 44 heavy (non-hydrogen) atoms. The van der Waals surface area contributed by atoms with Crippen LogP contribution < -0.4 is 0 Å². The molecule has 0 saturated heterocycles. The molecule has 2 aromatic heterocycles. The maximum atomic E-state index is 5.05. The van der Waals surface area contributed by atoms with Crippen molar-refractivity contribution in [1.82, 2.24) is 19.5 Å². The summed E-state index contributed by atoms with van der Waals surface area (Å²) in [6.07, 6.45) is 0. The SMILES string of the molecule is Cc1ccc(-n2c(-c3ccc(-c4ccc(-c5nc6ccccc6nc5-c5ccccc5)cc4)cc3)nc3ccccc32)cc1. The van der Waals surface area contributed by atoms with Crippen LogP contribution in [0.5, 0.6) is 0 Å². The van der Waals surface area contributed by atoms with Crippen LogP contribution in [-0.2, 0) is 0 Å². The van der Waals surface area contributed by atoms with E-state index < -0.39 is 0 Å². The monoisotopic (exact) mass is 564 g/mol. The van der Waals surface area contributed by atoms with Crippen LogP contribution in [0.1, 0.15) is 5.56 Å². The van der Waals surface area contributed by atoms with Gasteiger partial charge in [-0.3, -0.25) is 4.57 Å². The fraction of sp³-hybridized carbons (Fsp3) is 0.0250. The molecule has 6 aromatic carbocycles. The molecule has 0 aliphatic rings. The van der Waals surface area contributed by atoms with E-state index in [4.69, 9.17) is 15.0 Å². The van der Waals surface area contributed by atoms with Crippen molar-refractivity contribution in [2.75, 3.05) is 0 Å². The molecule has 2 heterocycles. The van der Waals surface area contributed by atoms with Gasteiger partial charge in [-0.05, 0) is 54.4 Å². The van der Waals surface area contributed by atoms with Crippen molar-refractivity contribution in [2.45, 2.75) is 6.92 Å². The molecule has 0 saturated carbocycles. The number of aromatic nitrogens is 4. The molecule has 0 atom stereocenters. The van der Waals surface area contributed by atoms with Crippen LogP contribution in [-0.4, -0.2) is 19.5 Å². The molecule has 0 fully saturated rings. The average Bonchev–Trinajstić information content (AvgIpc) is 3.48. The Balaban J connectivity index is 1.15. The summed E-state index contributed by atoms with van der Waals surface area (Å²) in [6.45, 7) is 2.11. The molecule has 208 valence electrons. The van der Waals surface area contributed by atoms with Gasteiger partial charge in [-0.25, -0.2) is 15.0 Å². The summed E-state index contributed by atoms with van der Waals surface area (Å²) in [4.78, 5) is 15.1. The molecule has 0 radical (unpaired) electrons. The van der Waals surface area contributed by atoms with Gasteiger partial charge in [0.15, 0.2) is 0 Å². The summed E-state index contributed by atoms with van der Waals surface area (Å²) in [7, 11) is 0. The van der Waals surface area contributed by atoms with Crippen molar-refractivity contribution in [3.05, 3.63) is 157 Å². The molecular formula is C40H28N4. The van der Waals surface area contributed by atoms with Gasteiger partial charge in [-0.2, -0.15) is 0 Å². The van der Waals surface area contributed by atoms with E-state index in [-0.39, 0.29) is 0 Å². The van der Waals surface area contributed by atoms with Gasteiger partial charge in [0.2, 0.25) is 0 Å². The standard InChI is InChI=1S/C40H28N4/c1-27-15-25-33(26-16-27)44-37-14-8-7-13-36(37)43-40(44)32-23-19-29(20-24-32)28-17-21-31(22-18-28)39-38(30-9-3-2-4-10-30)41-34-11-5-6-12-35(34)42-39/h2-26H,1H3. The summed E-state index contributed by atoms with van der Waals surface area (Å²) < 4.78 is 2.24. The van der Waals surface area contributed by atoms with E-state index in [1.54, 1.807) is 0 Å². The number of hydrogen-bond acceptors (Lipinski definition) is 3. The second kappa shape index (κ2) is 10.8. The van der Waals surface area contributed by atoms with E-state index in [0.29, 0.717) is 0 Å². The zero-order valence-corrected chi connectivity index (χ0v) is 24.2. The molecule has 0 bridgehead atoms. The first kappa shape index (κ1) is 25.8. The lowest BCUT2D eigenvalue weighted by molar-refractivity contribution is 1.10. The van der Waals surface area contributed by atoms with Crippen molar-refractivity contribution < 1.29 is 0 Å². The summed E-state index contributed by atoms with van der Waals surface area (Å²) in [5, 5.41) is 0. The quantitative estimate of drug-likeness (QED) is 0.209. The van der Waals surface area contributed by atoms with Gasteiger partial charge >= 0.3 is 0 Å². The second-order valence-electron chi connectivity index (χ2n) is 11.0. The maximum Gasteiger partial charge on any atom is 0.145 e. The van der Waals surface area contributed by atoms with Crippen molar-refractivity contribution in [1.29, 1.82) is 0 Å². The number of benzene rings is 6. The zero-order valence-electron chi connectivity index (χ0n) is 24.2. The minimum Gasteiger partial charge on any atom is -0.292 e. The van der Waals surface area contributed by atoms with E-state index in [2.05, 4.69) is 115 Å². The van der Waals surface area contributed by atoms with Gasteiger partial charge in [0.25, 0.3) is 0 Å². The first-order valence-electron chi connectivity index (χ1n) is 14.8. The Morgan fingerprint density at radius 2 is 0.864 bits per heavy atom. The van der Waals surface area contributed by atoms with Crippen LogP contribution in [0.2, 0.25) is 0 Å². The molecule has 0 aliphatic heterocycles. The van der Waals surface area contributed by atoms with Gasteiger partial charge in [0.1, 0.15) is 5.82 Å². The molecule has 8 aromatic rings. The molecule has 0 N–H and O–H groups in total. The van der Waals surface area contributed by atoms with E-state index in [1.807, 2.05) is 48.5 Å². The number of nitrogens with zero attached hydrogens (tertiary/aromatic N) is 4. The first-order chi connectivity index (χ1) is 21.7. The van der Waals surface area contributed by atoms with Crippen molar-refractivity contribution in [3.8, 4) is 50.7 Å². The minimum absolute atomic E-state index is 0.881. The summed E-state index contributed by atoms with van der Waals surface area (Å²) in [5.41, 5.74) is 13.4. The highest BCUT2D eigenvalue weighted by Gasteiger charge is 2.16. The molecule has 0 spiro atoms. The van der Waals surface area contributed by atoms with E-state index in [0.717, 1.165) is 72.8 Å². The lowest BCUT2D eigenvalue weighted by atomic mass is 9.99. The van der Waals surface area contributed by atoms with Crippen LogP contribution in [0, 0.1) is 6.92 Å². The fourth-order valence-corrected chi connectivity index (χ4v) is 5.81. The number of aryl methyl sites for hydroxylation is 1. The third-order valence-electron chi connectivity index (χ3n) is 8.11. The first-order valence-corrected chi connectivity index (χ1v) is 14.8. The molecule has 0 amide bonds. The molecule has 8 rings (SSSR count). The number of imidazole rings is 1. The summed E-state index contributed by atoms with van der Waals surface area (Å²) in [6, 6.07) is 52.5. The topological polar surface area (TPSA) is 43.6 Å². The second-order valence-corrected chi connectivity index (χ2v) is 11.0. The van der Waals surface area contributed by atoms with Gasteiger partial charge in [0, 0.05) is 22.4 Å². The van der Waals surface area contributed by atoms with Crippen molar-refractivity contribution >= 4 is 22.1 Å². The lowest BCUT2D eigenvalue weighted by Gasteiger charge is -2.12. The van der Waals surface area contributed by atoms with Crippen LogP contribution in [0.25, 0.3) is 72.8 Å². The Hall–Kier alpha value is -5.87. The molecular weight excluding hydrogens is 536 g/mol. The Bertz CT molecular complexity index is 2250. The largest absolute Gasteiger partial charge is 0.292 e. The maximum absolute atomic E-state index is 5.05. The zero-order chi connectivity index (χ0) is 29.5. The predicted molar refractivity (Wildman–Crippen MR) is 181 cm³/mol. The van der Waals surface area contributed by atoms with Crippen LogP contribution in [0.4, 0.5) is 0 Å². The Kier molecular flexibility index (Phi) is 6.31. The van der Waals surface area contributed by atoms with Crippen LogP contribution in [0.15, 0.2) is 152 Å². The summed E-state index contributed by atoms with van der Waals surface area (Å²) in [5.74, 6) is 0.931. The van der Waals surface area contributed by atoms with Gasteiger partial charge < -0.3 is 0 Å². The Labute approximate surface area is 256 Å². The normalized spacial score (nSPS) is 11.3. The number of para-hydroxylation sites is 4. The molecule has 4 heteroatoms. The van der Waals surface area contributed by atoms with E-state index in [9.17, 15) is 0 Å². The molecule has 0 unspecified atom stereocenters. The minimum atomic E-state index is 0.881. The predicted octanol–water partition coefficient (Wildman–Crippen LogP) is 9.95. The van der Waals surface area contributed by atoms with Crippen LogP contribution >= 0.6 is 0 Å². The van der Waals surface area contributed by atoms with Crippen LogP contribution in [0.3, 0.4) is 0 Å². The third kappa shape index (κ3) is 4.63. The highest BCUT2D eigenvalue weighted by Crippen LogP contribution is 2.34. The fourth-order valence-electron chi connectivity index (χ4n) is 5.81. The smallest absolute Gasteiger partial charge is 0.145 e. The lowest BCUT2D eigenvalue weighted by Crippen LogP contribution is -1.97. The van der Waals surface area contributed by atoms with Gasteiger partial charge in [0.05, 0.1) is 33.5 Å². The van der Waals surface area contributed by atoms with Crippen molar-refractivity contribution in [2.24, 2.45) is 0 Å². The third-order valence-corrected chi connectivity index (χ3v) is 8.11. The summed E-state index contributed by atoms with van der Waals surface area (Å²) >= 11 is 0. The van der Waals surface area contributed by atoms with Gasteiger partial charge in [-0.1, -0.05) is 121 Å². The van der Waals surface area contributed by atoms with E-state index >= 15 is 0 Å². The molecule has 4 nitrogen and oxygen atoms in total. The number of fused-ring (bicyclic) bond motifs is 2. The Morgan fingerprint density at radius 1 is 0.386 bits per heavy atom. The van der Waals surface area contributed by atoms with Crippen molar-refractivity contribution in [3.63, 3.8) is 0 Å². The van der Waals surface area contributed by atoms with Gasteiger partial charge in [-0.15, -0.1) is 0 Å². The Morgan fingerprint density at radius 3 is 1.48 bits per heavy atom. The highest BCUT2D eigenvalue weighted by atomic mass is 15.1. The number of hydrogen-bond donors (Lipinski definition) is 0. The highest BCUT2D eigenvalue weighted by molar-refractivity contribution is 5.87. The molecule has 0 aliphatic carbocycles. The van der Waals surface area contributed by atoms with E-state index in [1.165, 1.54) is 5.56 Å². The number of rotatable bonds is 5.